The summed E-state index contributed by atoms with van der Waals surface area (Å²) < 4.78 is 22.2. The number of carbonyl (C=O) groups is 1. The average molecular weight is 220 g/mol. The van der Waals surface area contributed by atoms with Crippen LogP contribution in [0.4, 0.5) is 0 Å². The largest absolute Gasteiger partial charge is 0.354 e. The normalized spacial score (nSPS) is 27.1. The lowest BCUT2D eigenvalue weighted by Crippen LogP contribution is -2.40. The summed E-state index contributed by atoms with van der Waals surface area (Å²) in [5, 5.41) is 2.63. The molecule has 0 aliphatic carbocycles. The van der Waals surface area contributed by atoms with Gasteiger partial charge in [-0.25, -0.2) is 8.42 Å². The third-order valence-corrected chi connectivity index (χ3v) is 4.14. The molecule has 82 valence electrons. The summed E-state index contributed by atoms with van der Waals surface area (Å²) in [5.41, 5.74) is 5.34. The second-order valence-corrected chi connectivity index (χ2v) is 6.03. The first-order chi connectivity index (χ1) is 6.41. The highest BCUT2D eigenvalue weighted by atomic mass is 32.2. The quantitative estimate of drug-likeness (QED) is 0.631. The average Bonchev–Trinajstić information content (AvgIpc) is 2.41. The van der Waals surface area contributed by atoms with Crippen molar-refractivity contribution in [2.45, 2.75) is 19.4 Å². The van der Waals surface area contributed by atoms with Gasteiger partial charge >= 0.3 is 0 Å². The monoisotopic (exact) mass is 220 g/mol. The predicted octanol–water partition coefficient (Wildman–Crippen LogP) is -1.12. The summed E-state index contributed by atoms with van der Waals surface area (Å²) in [6, 6.07) is -0.534. The highest BCUT2D eigenvalue weighted by molar-refractivity contribution is 7.91. The summed E-state index contributed by atoms with van der Waals surface area (Å²) in [6.45, 7) is 2.01. The Kier molecular flexibility index (Phi) is 3.49. The molecule has 0 bridgehead atoms. The standard InChI is InChI=1S/C8H16N2O3S/c1-6(9)8(11)10-4-7-2-3-14(12,13)5-7/h6-7H,2-5,9H2,1H3,(H,10,11)/t6-,7?/m0/s1. The van der Waals surface area contributed by atoms with Crippen LogP contribution in [-0.2, 0) is 14.6 Å². The molecule has 1 aliphatic heterocycles. The molecule has 1 rings (SSSR count). The van der Waals surface area contributed by atoms with Gasteiger partial charge in [0.15, 0.2) is 9.84 Å². The van der Waals surface area contributed by atoms with Gasteiger partial charge in [0.05, 0.1) is 17.5 Å². The Labute approximate surface area is 84.0 Å². The van der Waals surface area contributed by atoms with E-state index in [9.17, 15) is 13.2 Å². The Balaban J connectivity index is 2.31. The van der Waals surface area contributed by atoms with Crippen molar-refractivity contribution in [3.8, 4) is 0 Å². The minimum atomic E-state index is -2.85. The molecule has 0 aromatic carbocycles. The van der Waals surface area contributed by atoms with Gasteiger partial charge in [-0.3, -0.25) is 4.79 Å². The molecule has 1 amide bonds. The van der Waals surface area contributed by atoms with Crippen LogP contribution in [0, 0.1) is 5.92 Å². The Morgan fingerprint density at radius 1 is 1.64 bits per heavy atom. The number of amides is 1. The molecule has 2 atom stereocenters. The van der Waals surface area contributed by atoms with E-state index in [2.05, 4.69) is 5.32 Å². The Morgan fingerprint density at radius 3 is 2.71 bits per heavy atom. The molecule has 0 radical (unpaired) electrons. The molecule has 14 heavy (non-hydrogen) atoms. The topological polar surface area (TPSA) is 89.3 Å². The van der Waals surface area contributed by atoms with Crippen LogP contribution in [0.15, 0.2) is 0 Å². The van der Waals surface area contributed by atoms with E-state index >= 15 is 0 Å². The predicted molar refractivity (Wildman–Crippen MR) is 53.4 cm³/mol. The molecule has 1 aliphatic rings. The van der Waals surface area contributed by atoms with Crippen LogP contribution in [0.1, 0.15) is 13.3 Å². The first-order valence-corrected chi connectivity index (χ1v) is 6.46. The third-order valence-electron chi connectivity index (χ3n) is 2.31. The molecule has 0 saturated carbocycles. The maximum absolute atomic E-state index is 11.1. The van der Waals surface area contributed by atoms with Crippen LogP contribution < -0.4 is 11.1 Å². The van der Waals surface area contributed by atoms with Gasteiger partial charge in [0, 0.05) is 6.54 Å². The molecule has 0 aromatic rings. The highest BCUT2D eigenvalue weighted by Gasteiger charge is 2.27. The highest BCUT2D eigenvalue weighted by Crippen LogP contribution is 2.17. The fourth-order valence-corrected chi connectivity index (χ4v) is 3.30. The fourth-order valence-electron chi connectivity index (χ4n) is 1.44. The van der Waals surface area contributed by atoms with Crippen LogP contribution in [0.2, 0.25) is 0 Å². The number of carbonyl (C=O) groups excluding carboxylic acids is 1. The zero-order valence-corrected chi connectivity index (χ0v) is 9.01. The van der Waals surface area contributed by atoms with Gasteiger partial charge < -0.3 is 11.1 Å². The van der Waals surface area contributed by atoms with Gasteiger partial charge in [-0.2, -0.15) is 0 Å². The van der Waals surface area contributed by atoms with E-state index in [0.29, 0.717) is 13.0 Å². The van der Waals surface area contributed by atoms with E-state index in [1.807, 2.05) is 0 Å². The SMILES string of the molecule is C[C@H](N)C(=O)NCC1CCS(=O)(=O)C1. The van der Waals surface area contributed by atoms with E-state index in [1.165, 1.54) is 0 Å². The Morgan fingerprint density at radius 2 is 2.29 bits per heavy atom. The molecule has 1 unspecified atom stereocenters. The minimum absolute atomic E-state index is 0.0581. The molecule has 1 heterocycles. The lowest BCUT2D eigenvalue weighted by molar-refractivity contribution is -0.122. The van der Waals surface area contributed by atoms with Gasteiger partial charge in [0.1, 0.15) is 0 Å². The summed E-state index contributed by atoms with van der Waals surface area (Å²) >= 11 is 0. The van der Waals surface area contributed by atoms with Gasteiger partial charge in [-0.05, 0) is 19.3 Å². The van der Waals surface area contributed by atoms with Crippen molar-refractivity contribution in [1.82, 2.24) is 5.32 Å². The van der Waals surface area contributed by atoms with E-state index in [4.69, 9.17) is 5.73 Å². The number of hydrogen-bond donors (Lipinski definition) is 2. The van der Waals surface area contributed by atoms with Crippen LogP contribution >= 0.6 is 0 Å². The molecule has 3 N–H and O–H groups in total. The number of sulfone groups is 1. The Hall–Kier alpha value is -0.620. The minimum Gasteiger partial charge on any atom is -0.354 e. The Bertz CT molecular complexity index is 311. The summed E-state index contributed by atoms with van der Waals surface area (Å²) in [6.07, 6.45) is 0.640. The van der Waals surface area contributed by atoms with Crippen molar-refractivity contribution in [3.63, 3.8) is 0 Å². The van der Waals surface area contributed by atoms with Crippen LogP contribution in [0.5, 0.6) is 0 Å². The molecule has 0 aromatic heterocycles. The van der Waals surface area contributed by atoms with Crippen LogP contribution in [0.3, 0.4) is 0 Å². The van der Waals surface area contributed by atoms with Crippen molar-refractivity contribution < 1.29 is 13.2 Å². The number of nitrogens with one attached hydrogen (secondary N) is 1. The summed E-state index contributed by atoms with van der Waals surface area (Å²) in [7, 11) is -2.85. The zero-order chi connectivity index (χ0) is 10.8. The molecule has 0 spiro atoms. The van der Waals surface area contributed by atoms with E-state index in [0.717, 1.165) is 0 Å². The first kappa shape index (κ1) is 11.5. The maximum Gasteiger partial charge on any atom is 0.236 e. The molecular formula is C8H16N2O3S. The van der Waals surface area contributed by atoms with Crippen molar-refractivity contribution in [2.75, 3.05) is 18.1 Å². The lowest BCUT2D eigenvalue weighted by Gasteiger charge is -2.11. The second-order valence-electron chi connectivity index (χ2n) is 3.80. The second kappa shape index (κ2) is 4.27. The molecular weight excluding hydrogens is 204 g/mol. The fraction of sp³-hybridized carbons (Fsp3) is 0.875. The maximum atomic E-state index is 11.1. The lowest BCUT2D eigenvalue weighted by atomic mass is 10.1. The smallest absolute Gasteiger partial charge is 0.236 e. The number of rotatable bonds is 3. The molecule has 1 fully saturated rings. The van der Waals surface area contributed by atoms with Crippen LogP contribution in [-0.4, -0.2) is 38.4 Å². The molecule has 1 saturated heterocycles. The van der Waals surface area contributed by atoms with E-state index < -0.39 is 15.9 Å². The van der Waals surface area contributed by atoms with Gasteiger partial charge in [0.2, 0.25) is 5.91 Å². The third kappa shape index (κ3) is 3.26. The van der Waals surface area contributed by atoms with E-state index in [-0.39, 0.29) is 23.3 Å². The number of nitrogens with two attached hydrogens (primary N) is 1. The van der Waals surface area contributed by atoms with Gasteiger partial charge in [-0.1, -0.05) is 0 Å². The van der Waals surface area contributed by atoms with Crippen molar-refractivity contribution in [3.05, 3.63) is 0 Å². The summed E-state index contributed by atoms with van der Waals surface area (Å²) in [4.78, 5) is 11.1. The van der Waals surface area contributed by atoms with Crippen molar-refractivity contribution >= 4 is 15.7 Å². The molecule has 5 nitrogen and oxygen atoms in total. The van der Waals surface area contributed by atoms with Gasteiger partial charge in [-0.15, -0.1) is 0 Å². The van der Waals surface area contributed by atoms with Crippen LogP contribution in [0.25, 0.3) is 0 Å². The van der Waals surface area contributed by atoms with Gasteiger partial charge in [0.25, 0.3) is 0 Å². The van der Waals surface area contributed by atoms with Crippen molar-refractivity contribution in [2.24, 2.45) is 11.7 Å². The molecule has 6 heteroatoms. The zero-order valence-electron chi connectivity index (χ0n) is 8.19. The number of hydrogen-bond acceptors (Lipinski definition) is 4. The first-order valence-electron chi connectivity index (χ1n) is 4.64. The van der Waals surface area contributed by atoms with E-state index in [1.54, 1.807) is 6.92 Å². The van der Waals surface area contributed by atoms with Crippen molar-refractivity contribution in [1.29, 1.82) is 0 Å². The summed E-state index contributed by atoms with van der Waals surface area (Å²) in [5.74, 6) is 0.259.